The van der Waals surface area contributed by atoms with Crippen molar-refractivity contribution in [1.29, 1.82) is 0 Å². The first-order valence-corrected chi connectivity index (χ1v) is 6.07. The van der Waals surface area contributed by atoms with Crippen LogP contribution in [0.1, 0.15) is 6.42 Å². The monoisotopic (exact) mass is 245 g/mol. The van der Waals surface area contributed by atoms with E-state index < -0.39 is 0 Å². The summed E-state index contributed by atoms with van der Waals surface area (Å²) in [5.74, 6) is 0. The molecule has 0 radical (unpaired) electrons. The van der Waals surface area contributed by atoms with Crippen LogP contribution in [0, 0.1) is 0 Å². The van der Waals surface area contributed by atoms with Gasteiger partial charge in [-0.25, -0.2) is 0 Å². The molecular formula is C14H19N3O. The molecule has 4 heteroatoms. The van der Waals surface area contributed by atoms with Gasteiger partial charge in [-0.15, -0.1) is 0 Å². The van der Waals surface area contributed by atoms with Crippen molar-refractivity contribution in [3.8, 4) is 0 Å². The van der Waals surface area contributed by atoms with E-state index in [-0.39, 0.29) is 0 Å². The molecule has 0 aliphatic rings. The van der Waals surface area contributed by atoms with E-state index in [2.05, 4.69) is 9.88 Å². The number of benzene rings is 1. The fraction of sp³-hybridized carbons (Fsp3) is 0.357. The highest BCUT2D eigenvalue weighted by atomic mass is 16.5. The molecule has 0 atom stereocenters. The number of rotatable bonds is 5. The average Bonchev–Trinajstić information content (AvgIpc) is 2.39. The molecule has 96 valence electrons. The van der Waals surface area contributed by atoms with Crippen molar-refractivity contribution in [3.63, 3.8) is 0 Å². The zero-order valence-corrected chi connectivity index (χ0v) is 10.9. The van der Waals surface area contributed by atoms with Crippen LogP contribution in [0.3, 0.4) is 0 Å². The van der Waals surface area contributed by atoms with Crippen molar-refractivity contribution in [2.45, 2.75) is 6.42 Å². The molecule has 2 N–H and O–H groups in total. The minimum absolute atomic E-state index is 0.763. The highest BCUT2D eigenvalue weighted by Gasteiger charge is 2.08. The zero-order chi connectivity index (χ0) is 13.0. The number of nitrogens with two attached hydrogens (primary N) is 1. The van der Waals surface area contributed by atoms with Crippen LogP contribution >= 0.6 is 0 Å². The van der Waals surface area contributed by atoms with Crippen LogP contribution in [-0.2, 0) is 4.74 Å². The van der Waals surface area contributed by atoms with E-state index in [9.17, 15) is 0 Å². The smallest absolute Gasteiger partial charge is 0.0724 e. The summed E-state index contributed by atoms with van der Waals surface area (Å²) < 4.78 is 5.06. The second-order valence-corrected chi connectivity index (χ2v) is 4.34. The Morgan fingerprint density at radius 2 is 2.17 bits per heavy atom. The number of methoxy groups -OCH3 is 1. The second-order valence-electron chi connectivity index (χ2n) is 4.34. The first-order valence-electron chi connectivity index (χ1n) is 6.07. The van der Waals surface area contributed by atoms with Crippen molar-refractivity contribution < 1.29 is 4.74 Å². The van der Waals surface area contributed by atoms with Crippen LogP contribution in [0.5, 0.6) is 0 Å². The standard InChI is InChI=1S/C14H19N3O/c1-17(9-4-10-18-2)13-7-6-12-11(14(13)15)5-3-8-16-12/h3,5-8H,4,9-10,15H2,1-2H3. The number of hydrogen-bond donors (Lipinski definition) is 1. The molecule has 2 rings (SSSR count). The molecule has 18 heavy (non-hydrogen) atoms. The van der Waals surface area contributed by atoms with Gasteiger partial charge in [0.15, 0.2) is 0 Å². The third-order valence-electron chi connectivity index (χ3n) is 3.06. The maximum absolute atomic E-state index is 6.21. The lowest BCUT2D eigenvalue weighted by molar-refractivity contribution is 0.196. The Hall–Kier alpha value is -1.81. The molecule has 4 nitrogen and oxygen atoms in total. The van der Waals surface area contributed by atoms with Gasteiger partial charge in [0.2, 0.25) is 0 Å². The third kappa shape index (κ3) is 2.54. The van der Waals surface area contributed by atoms with E-state index in [0.717, 1.165) is 41.9 Å². The van der Waals surface area contributed by atoms with Gasteiger partial charge in [0.25, 0.3) is 0 Å². The van der Waals surface area contributed by atoms with Crippen molar-refractivity contribution in [2.24, 2.45) is 0 Å². The lowest BCUT2D eigenvalue weighted by atomic mass is 10.1. The van der Waals surface area contributed by atoms with Gasteiger partial charge in [-0.2, -0.15) is 0 Å². The van der Waals surface area contributed by atoms with Crippen molar-refractivity contribution in [3.05, 3.63) is 30.5 Å². The summed E-state index contributed by atoms with van der Waals surface area (Å²) in [6.45, 7) is 1.68. The third-order valence-corrected chi connectivity index (χ3v) is 3.06. The summed E-state index contributed by atoms with van der Waals surface area (Å²) in [6.07, 6.45) is 2.77. The summed E-state index contributed by atoms with van der Waals surface area (Å²) in [6, 6.07) is 7.95. The van der Waals surface area contributed by atoms with Gasteiger partial charge in [-0.3, -0.25) is 4.98 Å². The van der Waals surface area contributed by atoms with Crippen LogP contribution < -0.4 is 10.6 Å². The molecule has 1 aromatic carbocycles. The van der Waals surface area contributed by atoms with Crippen molar-refractivity contribution in [1.82, 2.24) is 4.98 Å². The molecule has 0 aliphatic heterocycles. The van der Waals surface area contributed by atoms with Crippen LogP contribution in [0.4, 0.5) is 11.4 Å². The number of hydrogen-bond acceptors (Lipinski definition) is 4. The van der Waals surface area contributed by atoms with Gasteiger partial charge in [0, 0.05) is 38.9 Å². The fourth-order valence-corrected chi connectivity index (χ4v) is 2.06. The predicted molar refractivity (Wildman–Crippen MR) is 75.9 cm³/mol. The molecule has 0 amide bonds. The van der Waals surface area contributed by atoms with Gasteiger partial charge < -0.3 is 15.4 Å². The molecule has 0 saturated heterocycles. The molecule has 0 bridgehead atoms. The van der Waals surface area contributed by atoms with E-state index in [0.29, 0.717) is 0 Å². The number of nitrogens with zero attached hydrogens (tertiary/aromatic N) is 2. The van der Waals surface area contributed by atoms with Gasteiger partial charge in [-0.1, -0.05) is 0 Å². The molecule has 0 unspecified atom stereocenters. The summed E-state index contributed by atoms with van der Waals surface area (Å²) in [5.41, 5.74) is 8.99. The Bertz CT molecular complexity index is 527. The molecule has 0 aliphatic carbocycles. The summed E-state index contributed by atoms with van der Waals surface area (Å²) in [5, 5.41) is 1.01. The Morgan fingerprint density at radius 3 is 2.94 bits per heavy atom. The van der Waals surface area contributed by atoms with E-state index in [1.54, 1.807) is 13.3 Å². The van der Waals surface area contributed by atoms with Gasteiger partial charge in [0.1, 0.15) is 0 Å². The van der Waals surface area contributed by atoms with E-state index >= 15 is 0 Å². The lowest BCUT2D eigenvalue weighted by Gasteiger charge is -2.21. The lowest BCUT2D eigenvalue weighted by Crippen LogP contribution is -2.20. The van der Waals surface area contributed by atoms with Crippen molar-refractivity contribution in [2.75, 3.05) is 37.9 Å². The number of aromatic nitrogens is 1. The molecule has 1 heterocycles. The molecule has 0 fully saturated rings. The fourth-order valence-electron chi connectivity index (χ4n) is 2.06. The normalized spacial score (nSPS) is 10.8. The summed E-state index contributed by atoms with van der Waals surface area (Å²) in [7, 11) is 3.76. The maximum Gasteiger partial charge on any atom is 0.0724 e. The molecule has 0 saturated carbocycles. The predicted octanol–water partition coefficient (Wildman–Crippen LogP) is 2.29. The Kier molecular flexibility index (Phi) is 3.99. The minimum atomic E-state index is 0.763. The van der Waals surface area contributed by atoms with Crippen LogP contribution in [0.2, 0.25) is 0 Å². The highest BCUT2D eigenvalue weighted by molar-refractivity contribution is 5.97. The maximum atomic E-state index is 6.21. The van der Waals surface area contributed by atoms with E-state index in [1.165, 1.54) is 0 Å². The van der Waals surface area contributed by atoms with Gasteiger partial charge >= 0.3 is 0 Å². The number of pyridine rings is 1. The number of nitrogen functional groups attached to an aromatic ring is 1. The molecular weight excluding hydrogens is 226 g/mol. The van der Waals surface area contributed by atoms with Crippen LogP contribution in [0.15, 0.2) is 30.5 Å². The quantitative estimate of drug-likeness (QED) is 0.648. The van der Waals surface area contributed by atoms with Gasteiger partial charge in [-0.05, 0) is 30.7 Å². The van der Waals surface area contributed by atoms with Crippen LogP contribution in [0.25, 0.3) is 10.9 Å². The Morgan fingerprint density at radius 1 is 1.33 bits per heavy atom. The van der Waals surface area contributed by atoms with Crippen molar-refractivity contribution >= 4 is 22.3 Å². The molecule has 0 spiro atoms. The number of anilines is 2. The van der Waals surface area contributed by atoms with E-state index in [4.69, 9.17) is 10.5 Å². The van der Waals surface area contributed by atoms with Gasteiger partial charge in [0.05, 0.1) is 16.9 Å². The Balaban J connectivity index is 2.25. The second kappa shape index (κ2) is 5.69. The number of fused-ring (bicyclic) bond motifs is 1. The zero-order valence-electron chi connectivity index (χ0n) is 10.9. The minimum Gasteiger partial charge on any atom is -0.396 e. The topological polar surface area (TPSA) is 51.4 Å². The largest absolute Gasteiger partial charge is 0.396 e. The number of ether oxygens (including phenoxy) is 1. The molecule has 2 aromatic rings. The SMILES string of the molecule is COCCCN(C)c1ccc2ncccc2c1N. The van der Waals surface area contributed by atoms with Crippen LogP contribution in [-0.4, -0.2) is 32.3 Å². The Labute approximate surface area is 107 Å². The summed E-state index contributed by atoms with van der Waals surface area (Å²) in [4.78, 5) is 6.45. The molecule has 1 aromatic heterocycles. The highest BCUT2D eigenvalue weighted by Crippen LogP contribution is 2.29. The summed E-state index contributed by atoms with van der Waals surface area (Å²) >= 11 is 0. The first-order chi connectivity index (χ1) is 8.74. The average molecular weight is 245 g/mol. The van der Waals surface area contributed by atoms with E-state index in [1.807, 2.05) is 31.3 Å². The first kappa shape index (κ1) is 12.6.